The molecule has 0 aliphatic heterocycles. The Hall–Kier alpha value is -3.06. The number of methoxy groups -OCH3 is 2. The minimum Gasteiger partial charge on any atom is -0.497 e. The van der Waals surface area contributed by atoms with Gasteiger partial charge in [0.1, 0.15) is 17.2 Å². The molecule has 0 radical (unpaired) electrons. The van der Waals surface area contributed by atoms with E-state index < -0.39 is 0 Å². The second kappa shape index (κ2) is 9.23. The molecule has 1 heterocycles. The van der Waals surface area contributed by atoms with Crippen LogP contribution in [0.5, 0.6) is 17.2 Å². The average molecular weight is 398 g/mol. The van der Waals surface area contributed by atoms with E-state index in [9.17, 15) is 4.79 Å². The summed E-state index contributed by atoms with van der Waals surface area (Å²) in [4.78, 5) is 16.9. The molecule has 0 fully saturated rings. The Morgan fingerprint density at radius 2 is 1.82 bits per heavy atom. The van der Waals surface area contributed by atoms with E-state index in [-0.39, 0.29) is 12.3 Å². The summed E-state index contributed by atoms with van der Waals surface area (Å²) in [5, 5.41) is 5.27. The van der Waals surface area contributed by atoms with Crippen molar-refractivity contribution in [3.05, 3.63) is 53.4 Å². The quantitative estimate of drug-likeness (QED) is 0.609. The summed E-state index contributed by atoms with van der Waals surface area (Å²) < 4.78 is 16.1. The van der Waals surface area contributed by atoms with Crippen LogP contribution in [0.15, 0.2) is 47.8 Å². The van der Waals surface area contributed by atoms with Gasteiger partial charge in [-0.1, -0.05) is 12.1 Å². The normalized spacial score (nSPS) is 10.4. The molecule has 0 aliphatic rings. The van der Waals surface area contributed by atoms with Crippen LogP contribution in [0.2, 0.25) is 0 Å². The van der Waals surface area contributed by atoms with Crippen molar-refractivity contribution in [1.82, 2.24) is 4.98 Å². The molecule has 0 saturated carbocycles. The van der Waals surface area contributed by atoms with Gasteiger partial charge in [0.25, 0.3) is 0 Å². The molecule has 0 unspecified atom stereocenters. The van der Waals surface area contributed by atoms with Gasteiger partial charge in [-0.25, -0.2) is 4.98 Å². The average Bonchev–Trinajstić information content (AvgIpc) is 3.17. The highest BCUT2D eigenvalue weighted by atomic mass is 32.1. The van der Waals surface area contributed by atoms with Crippen molar-refractivity contribution < 1.29 is 19.0 Å². The maximum Gasteiger partial charge on any atom is 0.230 e. The van der Waals surface area contributed by atoms with Gasteiger partial charge in [0.05, 0.1) is 32.9 Å². The molecule has 0 aliphatic carbocycles. The maximum absolute atomic E-state index is 12.3. The molecule has 1 amide bonds. The second-order valence-corrected chi connectivity index (χ2v) is 6.76. The number of hydrogen-bond acceptors (Lipinski definition) is 6. The lowest BCUT2D eigenvalue weighted by molar-refractivity contribution is -0.115. The van der Waals surface area contributed by atoms with Crippen LogP contribution in [0, 0.1) is 0 Å². The third-order valence-corrected chi connectivity index (χ3v) is 4.79. The van der Waals surface area contributed by atoms with E-state index in [1.807, 2.05) is 54.8 Å². The van der Waals surface area contributed by atoms with Gasteiger partial charge in [0.2, 0.25) is 5.91 Å². The zero-order valence-electron chi connectivity index (χ0n) is 16.0. The van der Waals surface area contributed by atoms with Gasteiger partial charge >= 0.3 is 0 Å². The van der Waals surface area contributed by atoms with E-state index in [2.05, 4.69) is 10.3 Å². The molecule has 0 bridgehead atoms. The van der Waals surface area contributed by atoms with Gasteiger partial charge in [-0.15, -0.1) is 11.3 Å². The van der Waals surface area contributed by atoms with Crippen LogP contribution < -0.4 is 19.5 Å². The Morgan fingerprint density at radius 1 is 1.07 bits per heavy atom. The summed E-state index contributed by atoms with van der Waals surface area (Å²) in [6.07, 6.45) is 0.268. The Balaban J connectivity index is 1.68. The molecular formula is C21H22N2O4S. The lowest BCUT2D eigenvalue weighted by Crippen LogP contribution is -2.14. The van der Waals surface area contributed by atoms with Crippen molar-refractivity contribution in [2.45, 2.75) is 13.3 Å². The minimum atomic E-state index is -0.123. The first-order valence-corrected chi connectivity index (χ1v) is 9.70. The summed E-state index contributed by atoms with van der Waals surface area (Å²) >= 11 is 1.37. The third-order valence-electron chi connectivity index (χ3n) is 4.03. The Labute approximate surface area is 168 Å². The standard InChI is InChI=1S/C21H22N2O4S/c1-4-27-15-7-5-14(6-8-15)11-20(24)23-21-22-18(13-28-21)17-12-16(25-2)9-10-19(17)26-3/h5-10,12-13H,4,11H2,1-3H3,(H,22,23,24). The van der Waals surface area contributed by atoms with Crippen molar-refractivity contribution in [3.63, 3.8) is 0 Å². The maximum atomic E-state index is 12.3. The molecule has 1 aromatic heterocycles. The summed E-state index contributed by atoms with van der Waals surface area (Å²) in [5.41, 5.74) is 2.44. The summed E-state index contributed by atoms with van der Waals surface area (Å²) in [5.74, 6) is 2.08. The van der Waals surface area contributed by atoms with E-state index in [4.69, 9.17) is 14.2 Å². The molecule has 2 aromatic carbocycles. The van der Waals surface area contributed by atoms with Crippen LogP contribution in [0.25, 0.3) is 11.3 Å². The van der Waals surface area contributed by atoms with Gasteiger partial charge in [-0.05, 0) is 42.8 Å². The van der Waals surface area contributed by atoms with E-state index in [1.54, 1.807) is 14.2 Å². The van der Waals surface area contributed by atoms with Gasteiger partial charge in [-0.2, -0.15) is 0 Å². The fourth-order valence-electron chi connectivity index (χ4n) is 2.69. The summed E-state index contributed by atoms with van der Waals surface area (Å²) in [6.45, 7) is 2.55. The lowest BCUT2D eigenvalue weighted by atomic mass is 10.1. The summed E-state index contributed by atoms with van der Waals surface area (Å²) in [7, 11) is 3.22. The monoisotopic (exact) mass is 398 g/mol. The first kappa shape index (κ1) is 19.7. The van der Waals surface area contributed by atoms with Gasteiger partial charge in [0.15, 0.2) is 5.13 Å². The predicted octanol–water partition coefficient (Wildman–Crippen LogP) is 4.41. The number of thiazole rings is 1. The smallest absolute Gasteiger partial charge is 0.230 e. The van der Waals surface area contributed by atoms with Crippen molar-refractivity contribution >= 4 is 22.4 Å². The predicted molar refractivity (Wildman–Crippen MR) is 111 cm³/mol. The molecule has 0 atom stereocenters. The summed E-state index contributed by atoms with van der Waals surface area (Å²) in [6, 6.07) is 13.0. The van der Waals surface area contributed by atoms with E-state index in [0.717, 1.165) is 22.6 Å². The molecule has 1 N–H and O–H groups in total. The molecule has 28 heavy (non-hydrogen) atoms. The topological polar surface area (TPSA) is 69.7 Å². The molecule has 0 saturated heterocycles. The molecule has 7 heteroatoms. The number of nitrogens with one attached hydrogen (secondary N) is 1. The van der Waals surface area contributed by atoms with Crippen LogP contribution in [-0.4, -0.2) is 31.7 Å². The number of ether oxygens (including phenoxy) is 3. The first-order chi connectivity index (χ1) is 13.6. The molecule has 6 nitrogen and oxygen atoms in total. The van der Waals surface area contributed by atoms with Crippen molar-refractivity contribution in [2.24, 2.45) is 0 Å². The minimum absolute atomic E-state index is 0.123. The van der Waals surface area contributed by atoms with Crippen LogP contribution in [0.1, 0.15) is 12.5 Å². The zero-order chi connectivity index (χ0) is 19.9. The molecule has 3 rings (SSSR count). The third kappa shape index (κ3) is 4.80. The van der Waals surface area contributed by atoms with E-state index in [1.165, 1.54) is 11.3 Å². The van der Waals surface area contributed by atoms with Crippen molar-refractivity contribution in [1.29, 1.82) is 0 Å². The molecule has 146 valence electrons. The van der Waals surface area contributed by atoms with Gasteiger partial charge < -0.3 is 19.5 Å². The lowest BCUT2D eigenvalue weighted by Gasteiger charge is -2.08. The molecular weight excluding hydrogens is 376 g/mol. The fourth-order valence-corrected chi connectivity index (χ4v) is 3.41. The number of benzene rings is 2. The highest BCUT2D eigenvalue weighted by molar-refractivity contribution is 7.14. The van der Waals surface area contributed by atoms with Crippen LogP contribution in [-0.2, 0) is 11.2 Å². The first-order valence-electron chi connectivity index (χ1n) is 8.82. The Bertz CT molecular complexity index is 938. The van der Waals surface area contributed by atoms with Crippen molar-refractivity contribution in [3.8, 4) is 28.5 Å². The second-order valence-electron chi connectivity index (χ2n) is 5.91. The van der Waals surface area contributed by atoms with E-state index >= 15 is 0 Å². The number of nitrogens with zero attached hydrogens (tertiary/aromatic N) is 1. The SMILES string of the molecule is CCOc1ccc(CC(=O)Nc2nc(-c3cc(OC)ccc3OC)cs2)cc1. The van der Waals surface area contributed by atoms with Crippen molar-refractivity contribution in [2.75, 3.05) is 26.1 Å². The number of carbonyl (C=O) groups is 1. The van der Waals surface area contributed by atoms with Crippen LogP contribution in [0.4, 0.5) is 5.13 Å². The molecule has 3 aromatic rings. The highest BCUT2D eigenvalue weighted by Crippen LogP contribution is 2.35. The van der Waals surface area contributed by atoms with Crippen LogP contribution in [0.3, 0.4) is 0 Å². The highest BCUT2D eigenvalue weighted by Gasteiger charge is 2.13. The zero-order valence-corrected chi connectivity index (χ0v) is 16.8. The number of anilines is 1. The van der Waals surface area contributed by atoms with Gasteiger partial charge in [-0.3, -0.25) is 4.79 Å². The van der Waals surface area contributed by atoms with Crippen LogP contribution >= 0.6 is 11.3 Å². The number of carbonyl (C=O) groups excluding carboxylic acids is 1. The largest absolute Gasteiger partial charge is 0.497 e. The van der Waals surface area contributed by atoms with Gasteiger partial charge in [0, 0.05) is 10.9 Å². The number of amides is 1. The number of hydrogen-bond donors (Lipinski definition) is 1. The Morgan fingerprint density at radius 3 is 2.50 bits per heavy atom. The Kier molecular flexibility index (Phi) is 6.49. The fraction of sp³-hybridized carbons (Fsp3) is 0.238. The number of aromatic nitrogens is 1. The number of rotatable bonds is 8. The van der Waals surface area contributed by atoms with E-state index in [0.29, 0.717) is 23.2 Å². The molecule has 0 spiro atoms.